The van der Waals surface area contributed by atoms with E-state index in [1.54, 1.807) is 43.3 Å². The zero-order valence-electron chi connectivity index (χ0n) is 12.7. The average Bonchev–Trinajstić information content (AvgIpc) is 2.55. The van der Waals surface area contributed by atoms with E-state index in [2.05, 4.69) is 10.0 Å². The first-order valence-corrected chi connectivity index (χ1v) is 9.95. The van der Waals surface area contributed by atoms with Gasteiger partial charge >= 0.3 is 0 Å². The molecular formula is C16H15ClN2O3S2. The molecule has 0 radical (unpaired) electrons. The van der Waals surface area contributed by atoms with Crippen molar-refractivity contribution in [3.05, 3.63) is 53.1 Å². The van der Waals surface area contributed by atoms with Crippen LogP contribution in [0.4, 0.5) is 5.69 Å². The number of hydrogen-bond acceptors (Lipinski definition) is 4. The number of sulfonamides is 1. The predicted octanol–water partition coefficient (Wildman–Crippen LogP) is 3.25. The summed E-state index contributed by atoms with van der Waals surface area (Å²) in [6.45, 7) is 1.97. The fraction of sp³-hybridized carbons (Fsp3) is 0.188. The molecule has 0 bridgehead atoms. The van der Waals surface area contributed by atoms with Crippen molar-refractivity contribution in [1.29, 1.82) is 0 Å². The summed E-state index contributed by atoms with van der Waals surface area (Å²) < 4.78 is 27.4. The Labute approximate surface area is 149 Å². The molecule has 1 heterocycles. The van der Waals surface area contributed by atoms with Crippen LogP contribution >= 0.6 is 23.4 Å². The average molecular weight is 383 g/mol. The quantitative estimate of drug-likeness (QED) is 0.851. The number of halogens is 1. The van der Waals surface area contributed by atoms with Crippen LogP contribution in [-0.4, -0.2) is 19.6 Å². The molecule has 24 heavy (non-hydrogen) atoms. The van der Waals surface area contributed by atoms with Crippen molar-refractivity contribution < 1.29 is 13.2 Å². The van der Waals surface area contributed by atoms with Gasteiger partial charge in [-0.15, -0.1) is 11.8 Å². The Morgan fingerprint density at radius 2 is 1.92 bits per heavy atom. The number of benzene rings is 2. The van der Waals surface area contributed by atoms with Crippen molar-refractivity contribution in [3.8, 4) is 0 Å². The van der Waals surface area contributed by atoms with Crippen molar-refractivity contribution in [2.75, 3.05) is 5.32 Å². The van der Waals surface area contributed by atoms with Crippen LogP contribution in [-0.2, 0) is 21.4 Å². The molecule has 8 heteroatoms. The standard InChI is InChI=1S/C16H15ClN2O3S2/c1-10-16(20)19-14-8-13(6-7-15(14)23-10)24(21,22)18-9-11-2-4-12(17)5-3-11/h2-8,10,18H,9H2,1H3,(H,19,20). The molecule has 1 aliphatic rings. The number of fused-ring (bicyclic) bond motifs is 1. The first kappa shape index (κ1) is 17.3. The molecule has 1 unspecified atom stereocenters. The summed E-state index contributed by atoms with van der Waals surface area (Å²) in [4.78, 5) is 12.7. The number of anilines is 1. The molecule has 0 aromatic heterocycles. The lowest BCUT2D eigenvalue weighted by Crippen LogP contribution is -2.27. The van der Waals surface area contributed by atoms with Gasteiger partial charge in [0.1, 0.15) is 0 Å². The van der Waals surface area contributed by atoms with Gasteiger partial charge in [-0.25, -0.2) is 13.1 Å². The van der Waals surface area contributed by atoms with Crippen molar-refractivity contribution in [1.82, 2.24) is 4.72 Å². The molecule has 2 N–H and O–H groups in total. The summed E-state index contributed by atoms with van der Waals surface area (Å²) in [5.41, 5.74) is 1.33. The van der Waals surface area contributed by atoms with Crippen molar-refractivity contribution in [2.24, 2.45) is 0 Å². The summed E-state index contributed by atoms with van der Waals surface area (Å²) >= 11 is 7.22. The number of rotatable bonds is 4. The van der Waals surface area contributed by atoms with Gasteiger partial charge in [0.2, 0.25) is 15.9 Å². The Kier molecular flexibility index (Phi) is 4.87. The van der Waals surface area contributed by atoms with Gasteiger partial charge in [-0.3, -0.25) is 4.79 Å². The van der Waals surface area contributed by atoms with E-state index in [9.17, 15) is 13.2 Å². The van der Waals surface area contributed by atoms with Crippen LogP contribution in [0.3, 0.4) is 0 Å². The number of amides is 1. The lowest BCUT2D eigenvalue weighted by Gasteiger charge is -2.21. The van der Waals surface area contributed by atoms with E-state index in [1.807, 2.05) is 0 Å². The third kappa shape index (κ3) is 3.75. The Morgan fingerprint density at radius 1 is 1.21 bits per heavy atom. The molecule has 1 aliphatic heterocycles. The number of carbonyl (C=O) groups is 1. The van der Waals surface area contributed by atoms with E-state index >= 15 is 0 Å². The van der Waals surface area contributed by atoms with E-state index in [4.69, 9.17) is 11.6 Å². The van der Waals surface area contributed by atoms with Gasteiger partial charge in [0, 0.05) is 16.5 Å². The third-order valence-electron chi connectivity index (χ3n) is 3.57. The molecule has 126 valence electrons. The molecule has 0 spiro atoms. The number of nitrogens with one attached hydrogen (secondary N) is 2. The number of carbonyl (C=O) groups excluding carboxylic acids is 1. The first-order chi connectivity index (χ1) is 11.3. The van der Waals surface area contributed by atoms with Gasteiger partial charge in [0.05, 0.1) is 15.8 Å². The normalized spacial score (nSPS) is 17.2. The second-order valence-corrected chi connectivity index (χ2v) is 8.94. The van der Waals surface area contributed by atoms with Gasteiger partial charge in [-0.05, 0) is 42.8 Å². The Morgan fingerprint density at radius 3 is 2.62 bits per heavy atom. The van der Waals surface area contributed by atoms with E-state index < -0.39 is 10.0 Å². The smallest absolute Gasteiger partial charge is 0.240 e. The van der Waals surface area contributed by atoms with E-state index in [-0.39, 0.29) is 22.6 Å². The number of hydrogen-bond donors (Lipinski definition) is 2. The van der Waals surface area contributed by atoms with Gasteiger partial charge in [0.15, 0.2) is 0 Å². The summed E-state index contributed by atoms with van der Waals surface area (Å²) in [6.07, 6.45) is 0. The highest BCUT2D eigenvalue weighted by Gasteiger charge is 2.25. The Hall–Kier alpha value is -1.54. The molecule has 1 atom stereocenters. The van der Waals surface area contributed by atoms with Gasteiger partial charge in [-0.1, -0.05) is 23.7 Å². The lowest BCUT2D eigenvalue weighted by molar-refractivity contribution is -0.115. The summed E-state index contributed by atoms with van der Waals surface area (Å²) in [5.74, 6) is -0.129. The Bertz CT molecular complexity index is 883. The van der Waals surface area contributed by atoms with Crippen molar-refractivity contribution in [2.45, 2.75) is 28.5 Å². The van der Waals surface area contributed by atoms with Crippen molar-refractivity contribution >= 4 is 45.0 Å². The molecule has 5 nitrogen and oxygen atoms in total. The summed E-state index contributed by atoms with van der Waals surface area (Å²) in [6, 6.07) is 11.7. The molecule has 0 aliphatic carbocycles. The van der Waals surface area contributed by atoms with Crippen LogP contribution in [0.1, 0.15) is 12.5 Å². The topological polar surface area (TPSA) is 75.3 Å². The predicted molar refractivity (Wildman–Crippen MR) is 95.9 cm³/mol. The fourth-order valence-corrected chi connectivity index (χ4v) is 4.32. The minimum absolute atomic E-state index is 0.116. The molecule has 0 saturated heterocycles. The minimum Gasteiger partial charge on any atom is -0.324 e. The SMILES string of the molecule is CC1Sc2ccc(S(=O)(=O)NCc3ccc(Cl)cc3)cc2NC1=O. The molecule has 0 saturated carbocycles. The zero-order chi connectivity index (χ0) is 17.3. The second kappa shape index (κ2) is 6.76. The molecule has 2 aromatic carbocycles. The maximum absolute atomic E-state index is 12.4. The van der Waals surface area contributed by atoms with E-state index in [0.29, 0.717) is 10.7 Å². The van der Waals surface area contributed by atoms with Crippen LogP contribution in [0.2, 0.25) is 5.02 Å². The monoisotopic (exact) mass is 382 g/mol. The molecular weight excluding hydrogens is 368 g/mol. The van der Waals surface area contributed by atoms with Crippen LogP contribution in [0, 0.1) is 0 Å². The Balaban J connectivity index is 1.78. The lowest BCUT2D eigenvalue weighted by atomic mass is 10.2. The fourth-order valence-electron chi connectivity index (χ4n) is 2.22. The first-order valence-electron chi connectivity index (χ1n) is 7.21. The highest BCUT2D eigenvalue weighted by atomic mass is 35.5. The maximum atomic E-state index is 12.4. The van der Waals surface area contributed by atoms with Crippen LogP contribution in [0.15, 0.2) is 52.3 Å². The zero-order valence-corrected chi connectivity index (χ0v) is 15.1. The number of thioether (sulfide) groups is 1. The highest BCUT2D eigenvalue weighted by molar-refractivity contribution is 8.01. The molecule has 2 aromatic rings. The van der Waals surface area contributed by atoms with Gasteiger partial charge in [0.25, 0.3) is 0 Å². The summed E-state index contributed by atoms with van der Waals surface area (Å²) in [5, 5.41) is 3.14. The van der Waals surface area contributed by atoms with Crippen molar-refractivity contribution in [3.63, 3.8) is 0 Å². The summed E-state index contributed by atoms with van der Waals surface area (Å²) in [7, 11) is -3.68. The van der Waals surface area contributed by atoms with Gasteiger partial charge in [-0.2, -0.15) is 0 Å². The highest BCUT2D eigenvalue weighted by Crippen LogP contribution is 2.36. The third-order valence-corrected chi connectivity index (χ3v) is 6.40. The van der Waals surface area contributed by atoms with Crippen LogP contribution in [0.25, 0.3) is 0 Å². The van der Waals surface area contributed by atoms with Crippen LogP contribution < -0.4 is 10.0 Å². The second-order valence-electron chi connectivity index (χ2n) is 5.36. The van der Waals surface area contributed by atoms with Gasteiger partial charge < -0.3 is 5.32 Å². The van der Waals surface area contributed by atoms with E-state index in [0.717, 1.165) is 10.5 Å². The molecule has 0 fully saturated rings. The largest absolute Gasteiger partial charge is 0.324 e. The maximum Gasteiger partial charge on any atom is 0.240 e. The molecule has 1 amide bonds. The van der Waals surface area contributed by atoms with Crippen LogP contribution in [0.5, 0.6) is 0 Å². The minimum atomic E-state index is -3.68. The van der Waals surface area contributed by atoms with E-state index in [1.165, 1.54) is 17.8 Å². The molecule has 3 rings (SSSR count).